The third-order valence-corrected chi connectivity index (χ3v) is 6.49. The molecule has 0 aromatic heterocycles. The molecular weight excluding hydrogens is 415 g/mol. The van der Waals surface area contributed by atoms with E-state index in [4.69, 9.17) is 23.2 Å². The number of thioether (sulfide) groups is 1. The molecule has 0 aliphatic heterocycles. The van der Waals surface area contributed by atoms with E-state index in [0.717, 1.165) is 36.3 Å². The minimum absolute atomic E-state index is 0.0928. The minimum Gasteiger partial charge on any atom is -0.326 e. The van der Waals surface area contributed by atoms with Crippen LogP contribution < -0.4 is 10.6 Å². The number of hydrogen-bond donors (Lipinski definition) is 2. The molecule has 1 fully saturated rings. The highest BCUT2D eigenvalue weighted by Gasteiger charge is 2.21. The summed E-state index contributed by atoms with van der Waals surface area (Å²) in [6, 6.07) is 12.7. The smallest absolute Gasteiger partial charge is 0.234 e. The van der Waals surface area contributed by atoms with E-state index in [1.807, 2.05) is 24.3 Å². The van der Waals surface area contributed by atoms with Crippen molar-refractivity contribution in [3.8, 4) is 0 Å². The Morgan fingerprint density at radius 1 is 1.00 bits per heavy atom. The second-order valence-corrected chi connectivity index (χ2v) is 8.62. The fourth-order valence-electron chi connectivity index (χ4n) is 3.21. The number of carbonyl (C=O) groups excluding carboxylic acids is 2. The summed E-state index contributed by atoms with van der Waals surface area (Å²) >= 11 is 13.5. The Balaban J connectivity index is 1.53. The maximum atomic E-state index is 12.4. The molecule has 4 nitrogen and oxygen atoms in total. The first kappa shape index (κ1) is 21.0. The molecule has 0 spiro atoms. The first-order valence-electron chi connectivity index (χ1n) is 9.30. The van der Waals surface area contributed by atoms with Crippen LogP contribution in [0.15, 0.2) is 47.4 Å². The summed E-state index contributed by atoms with van der Waals surface area (Å²) in [5.41, 5.74) is 1.26. The fraction of sp³-hybridized carbons (Fsp3) is 0.333. The minimum atomic E-state index is -0.175. The molecule has 1 saturated carbocycles. The Hall–Kier alpha value is -1.69. The van der Waals surface area contributed by atoms with E-state index in [-0.39, 0.29) is 23.5 Å². The van der Waals surface area contributed by atoms with Crippen LogP contribution in [0.4, 0.5) is 11.4 Å². The molecule has 2 amide bonds. The van der Waals surface area contributed by atoms with Gasteiger partial charge in [0.1, 0.15) is 0 Å². The summed E-state index contributed by atoms with van der Waals surface area (Å²) in [4.78, 5) is 25.5. The molecule has 0 heterocycles. The van der Waals surface area contributed by atoms with Gasteiger partial charge in [-0.1, -0.05) is 54.6 Å². The first-order chi connectivity index (χ1) is 13.5. The zero-order chi connectivity index (χ0) is 19.9. The molecule has 0 radical (unpaired) electrons. The van der Waals surface area contributed by atoms with Gasteiger partial charge in [-0.15, -0.1) is 11.8 Å². The van der Waals surface area contributed by atoms with E-state index in [2.05, 4.69) is 10.6 Å². The highest BCUT2D eigenvalue weighted by Crippen LogP contribution is 2.30. The lowest BCUT2D eigenvalue weighted by Gasteiger charge is -2.20. The summed E-state index contributed by atoms with van der Waals surface area (Å²) < 4.78 is 0. The van der Waals surface area contributed by atoms with Crippen molar-refractivity contribution < 1.29 is 9.59 Å². The summed E-state index contributed by atoms with van der Waals surface area (Å²) in [6.07, 6.45) is 5.40. The fourth-order valence-corrected chi connectivity index (χ4v) is 4.31. The van der Waals surface area contributed by atoms with Crippen molar-refractivity contribution in [3.05, 3.63) is 52.5 Å². The monoisotopic (exact) mass is 436 g/mol. The molecule has 2 aromatic carbocycles. The number of hydrogen-bond acceptors (Lipinski definition) is 3. The van der Waals surface area contributed by atoms with Gasteiger partial charge >= 0.3 is 0 Å². The molecule has 28 heavy (non-hydrogen) atoms. The van der Waals surface area contributed by atoms with E-state index < -0.39 is 0 Å². The molecule has 0 atom stereocenters. The largest absolute Gasteiger partial charge is 0.326 e. The lowest BCUT2D eigenvalue weighted by atomic mass is 9.88. The molecule has 0 saturated heterocycles. The predicted molar refractivity (Wildman–Crippen MR) is 117 cm³/mol. The maximum Gasteiger partial charge on any atom is 0.234 e. The van der Waals surface area contributed by atoms with Crippen LogP contribution in [0.25, 0.3) is 0 Å². The average molecular weight is 437 g/mol. The van der Waals surface area contributed by atoms with E-state index in [9.17, 15) is 9.59 Å². The zero-order valence-electron chi connectivity index (χ0n) is 15.3. The number of anilines is 2. The van der Waals surface area contributed by atoms with Gasteiger partial charge in [-0.3, -0.25) is 9.59 Å². The number of rotatable bonds is 6. The maximum absolute atomic E-state index is 12.4. The van der Waals surface area contributed by atoms with E-state index in [1.54, 1.807) is 18.2 Å². The standard InChI is InChI=1S/C21H22Cl2N2O2S/c22-17-10-5-11-18(20(17)23)25-19(26)13-28-16-9-4-8-15(12-16)24-21(27)14-6-2-1-3-7-14/h4-5,8-12,14H,1-3,6-7,13H2,(H,24,27)(H,25,26). The van der Waals surface area contributed by atoms with Crippen molar-refractivity contribution in [1.29, 1.82) is 0 Å². The molecule has 2 N–H and O–H groups in total. The van der Waals surface area contributed by atoms with Crippen LogP contribution in [-0.2, 0) is 9.59 Å². The van der Waals surface area contributed by atoms with Gasteiger partial charge in [-0.25, -0.2) is 0 Å². The second-order valence-electron chi connectivity index (χ2n) is 6.79. The Kier molecular flexibility index (Phi) is 7.65. The predicted octanol–water partition coefficient (Wildman–Crippen LogP) is 6.24. The van der Waals surface area contributed by atoms with Crippen molar-refractivity contribution in [3.63, 3.8) is 0 Å². The number of halogens is 2. The van der Waals surface area contributed by atoms with Gasteiger partial charge in [-0.05, 0) is 43.2 Å². The number of benzene rings is 2. The van der Waals surface area contributed by atoms with Crippen LogP contribution >= 0.6 is 35.0 Å². The highest BCUT2D eigenvalue weighted by atomic mass is 35.5. The molecule has 0 bridgehead atoms. The Morgan fingerprint density at radius 3 is 2.54 bits per heavy atom. The normalized spacial score (nSPS) is 14.5. The molecule has 148 valence electrons. The van der Waals surface area contributed by atoms with Crippen LogP contribution in [0.1, 0.15) is 32.1 Å². The Morgan fingerprint density at radius 2 is 1.75 bits per heavy atom. The number of carbonyl (C=O) groups is 2. The van der Waals surface area contributed by atoms with Crippen molar-refractivity contribution in [2.45, 2.75) is 37.0 Å². The van der Waals surface area contributed by atoms with Gasteiger partial charge in [0.2, 0.25) is 11.8 Å². The van der Waals surface area contributed by atoms with Crippen molar-refractivity contribution in [2.24, 2.45) is 5.92 Å². The molecule has 1 aliphatic carbocycles. The topological polar surface area (TPSA) is 58.2 Å². The van der Waals surface area contributed by atoms with E-state index >= 15 is 0 Å². The summed E-state index contributed by atoms with van der Waals surface area (Å²) in [5.74, 6) is 0.252. The van der Waals surface area contributed by atoms with Gasteiger partial charge in [0.15, 0.2) is 0 Å². The van der Waals surface area contributed by atoms with Crippen LogP contribution in [0.2, 0.25) is 10.0 Å². The molecule has 0 unspecified atom stereocenters. The lowest BCUT2D eigenvalue weighted by molar-refractivity contribution is -0.120. The second kappa shape index (κ2) is 10.2. The van der Waals surface area contributed by atoms with Crippen molar-refractivity contribution >= 4 is 58.2 Å². The highest BCUT2D eigenvalue weighted by molar-refractivity contribution is 8.00. The Bertz CT molecular complexity index is 854. The van der Waals surface area contributed by atoms with Crippen molar-refractivity contribution in [1.82, 2.24) is 0 Å². The molecule has 2 aromatic rings. The summed E-state index contributed by atoms with van der Waals surface area (Å²) in [7, 11) is 0. The number of amides is 2. The Labute approximate surface area is 179 Å². The summed E-state index contributed by atoms with van der Waals surface area (Å²) in [5, 5.41) is 6.50. The lowest BCUT2D eigenvalue weighted by Crippen LogP contribution is -2.24. The van der Waals surface area contributed by atoms with Gasteiger partial charge in [0.05, 0.1) is 21.5 Å². The van der Waals surface area contributed by atoms with Crippen LogP contribution in [0.3, 0.4) is 0 Å². The average Bonchev–Trinajstić information content (AvgIpc) is 2.71. The molecule has 3 rings (SSSR count). The SMILES string of the molecule is O=C(CSc1cccc(NC(=O)C2CCCCC2)c1)Nc1cccc(Cl)c1Cl. The quantitative estimate of drug-likeness (QED) is 0.526. The number of nitrogens with one attached hydrogen (secondary N) is 2. The van der Waals surface area contributed by atoms with Gasteiger partial charge in [-0.2, -0.15) is 0 Å². The van der Waals surface area contributed by atoms with Crippen LogP contribution in [0.5, 0.6) is 0 Å². The van der Waals surface area contributed by atoms with Crippen molar-refractivity contribution in [2.75, 3.05) is 16.4 Å². The van der Waals surface area contributed by atoms with E-state index in [1.165, 1.54) is 18.2 Å². The third kappa shape index (κ3) is 5.90. The molecular formula is C21H22Cl2N2O2S. The van der Waals surface area contributed by atoms with Crippen LogP contribution in [-0.4, -0.2) is 17.6 Å². The third-order valence-electron chi connectivity index (χ3n) is 4.67. The first-order valence-corrected chi connectivity index (χ1v) is 11.0. The van der Waals surface area contributed by atoms with Gasteiger partial charge in [0.25, 0.3) is 0 Å². The van der Waals surface area contributed by atoms with Crippen LogP contribution in [0, 0.1) is 5.92 Å². The van der Waals surface area contributed by atoms with Gasteiger partial charge in [0, 0.05) is 16.5 Å². The zero-order valence-corrected chi connectivity index (χ0v) is 17.7. The molecule has 7 heteroatoms. The summed E-state index contributed by atoms with van der Waals surface area (Å²) in [6.45, 7) is 0. The van der Waals surface area contributed by atoms with Gasteiger partial charge < -0.3 is 10.6 Å². The molecule has 1 aliphatic rings. The van der Waals surface area contributed by atoms with E-state index in [0.29, 0.717) is 15.7 Å².